The van der Waals surface area contributed by atoms with Crippen LogP contribution in [0.5, 0.6) is 5.88 Å². The van der Waals surface area contributed by atoms with Crippen molar-refractivity contribution in [2.75, 3.05) is 7.05 Å². The van der Waals surface area contributed by atoms with Crippen molar-refractivity contribution in [1.29, 1.82) is 0 Å². The molecule has 2 aromatic heterocycles. The van der Waals surface area contributed by atoms with Crippen molar-refractivity contribution in [3.8, 4) is 5.88 Å². The van der Waals surface area contributed by atoms with Crippen molar-refractivity contribution < 1.29 is 9.53 Å². The number of ether oxygens (including phenoxy) is 1. The van der Waals surface area contributed by atoms with Crippen molar-refractivity contribution in [2.24, 2.45) is 0 Å². The number of hydrogen-bond donors (Lipinski definition) is 0. The highest BCUT2D eigenvalue weighted by atomic mass is 35.5. The monoisotopic (exact) mass is 384 g/mol. The zero-order valence-corrected chi connectivity index (χ0v) is 16.5. The number of benzene rings is 1. The number of hydrogen-bond acceptors (Lipinski definition) is 5. The maximum Gasteiger partial charge on any atom is 0.255 e. The third-order valence-electron chi connectivity index (χ3n) is 3.97. The van der Waals surface area contributed by atoms with Gasteiger partial charge in [-0.3, -0.25) is 4.79 Å². The van der Waals surface area contributed by atoms with E-state index in [9.17, 15) is 4.79 Å². The van der Waals surface area contributed by atoms with Gasteiger partial charge in [-0.25, -0.2) is 15.0 Å². The van der Waals surface area contributed by atoms with E-state index in [0.29, 0.717) is 22.3 Å². The minimum Gasteiger partial charge on any atom is -0.474 e. The molecule has 27 heavy (non-hydrogen) atoms. The lowest BCUT2D eigenvalue weighted by Gasteiger charge is -2.17. The van der Waals surface area contributed by atoms with Crippen molar-refractivity contribution in [2.45, 2.75) is 33.4 Å². The summed E-state index contributed by atoms with van der Waals surface area (Å²) in [6, 6.07) is 9.38. The molecule has 0 aliphatic heterocycles. The third kappa shape index (κ3) is 4.34. The van der Waals surface area contributed by atoms with Crippen LogP contribution in [0.1, 0.15) is 35.7 Å². The van der Waals surface area contributed by atoms with Gasteiger partial charge >= 0.3 is 0 Å². The van der Waals surface area contributed by atoms with Gasteiger partial charge in [0.05, 0.1) is 23.7 Å². The first-order valence-corrected chi connectivity index (χ1v) is 9.03. The second-order valence-corrected chi connectivity index (χ2v) is 6.99. The number of fused-ring (bicyclic) bond motifs is 1. The average Bonchev–Trinajstić information content (AvgIpc) is 2.62. The van der Waals surface area contributed by atoms with Gasteiger partial charge in [-0.1, -0.05) is 29.8 Å². The van der Waals surface area contributed by atoms with E-state index in [0.717, 1.165) is 16.6 Å². The lowest BCUT2D eigenvalue weighted by Crippen LogP contribution is -2.27. The van der Waals surface area contributed by atoms with E-state index < -0.39 is 0 Å². The highest BCUT2D eigenvalue weighted by Gasteiger charge is 2.17. The van der Waals surface area contributed by atoms with E-state index in [1.807, 2.05) is 45.0 Å². The smallest absolute Gasteiger partial charge is 0.255 e. The van der Waals surface area contributed by atoms with Crippen LogP contribution in [0.3, 0.4) is 0 Å². The maximum absolute atomic E-state index is 12.7. The number of aromatic nitrogens is 3. The zero-order chi connectivity index (χ0) is 19.6. The summed E-state index contributed by atoms with van der Waals surface area (Å²) in [5.41, 5.74) is 2.13. The fraction of sp³-hybridized carbons (Fsp3) is 0.300. The second-order valence-electron chi connectivity index (χ2n) is 6.58. The molecule has 0 saturated heterocycles. The summed E-state index contributed by atoms with van der Waals surface area (Å²) in [6.45, 7) is 5.99. The van der Waals surface area contributed by atoms with E-state index in [4.69, 9.17) is 16.3 Å². The van der Waals surface area contributed by atoms with Gasteiger partial charge in [-0.15, -0.1) is 0 Å². The highest BCUT2D eigenvalue weighted by molar-refractivity contribution is 6.32. The molecule has 0 bridgehead atoms. The first kappa shape index (κ1) is 19.0. The fourth-order valence-corrected chi connectivity index (χ4v) is 2.93. The van der Waals surface area contributed by atoms with Gasteiger partial charge in [0, 0.05) is 24.3 Å². The molecule has 0 spiro atoms. The van der Waals surface area contributed by atoms with Crippen LogP contribution in [0.4, 0.5) is 0 Å². The van der Waals surface area contributed by atoms with Crippen LogP contribution in [0.25, 0.3) is 10.9 Å². The molecule has 1 aromatic carbocycles. The van der Waals surface area contributed by atoms with Crippen LogP contribution in [-0.4, -0.2) is 38.9 Å². The Kier molecular flexibility index (Phi) is 5.56. The molecule has 2 heterocycles. The number of carbonyl (C=O) groups excluding carboxylic acids is 1. The molecule has 3 aromatic rings. The van der Waals surface area contributed by atoms with Crippen molar-refractivity contribution in [3.05, 3.63) is 58.6 Å². The number of nitrogens with zero attached hydrogens (tertiary/aromatic N) is 4. The number of carbonyl (C=O) groups is 1. The second kappa shape index (κ2) is 7.88. The Labute approximate surface area is 163 Å². The van der Waals surface area contributed by atoms with Crippen molar-refractivity contribution in [1.82, 2.24) is 19.9 Å². The first-order valence-electron chi connectivity index (χ1n) is 8.65. The maximum atomic E-state index is 12.7. The molecule has 1 amide bonds. The Morgan fingerprint density at radius 1 is 1.26 bits per heavy atom. The van der Waals surface area contributed by atoms with E-state index in [-0.39, 0.29) is 18.6 Å². The SMILES string of the molecule is Cc1nc(CN(C)C(=O)c2cnc(OC(C)C)c(Cl)c2)nc2ccccc12. The molecule has 0 radical (unpaired) electrons. The number of para-hydroxylation sites is 1. The van der Waals surface area contributed by atoms with E-state index in [2.05, 4.69) is 15.0 Å². The third-order valence-corrected chi connectivity index (χ3v) is 4.24. The normalized spacial score (nSPS) is 11.0. The topological polar surface area (TPSA) is 68.2 Å². The highest BCUT2D eigenvalue weighted by Crippen LogP contribution is 2.24. The number of halogens is 1. The van der Waals surface area contributed by atoms with Gasteiger partial charge in [0.25, 0.3) is 5.91 Å². The van der Waals surface area contributed by atoms with Gasteiger partial charge in [-0.05, 0) is 32.9 Å². The van der Waals surface area contributed by atoms with Gasteiger partial charge in [-0.2, -0.15) is 0 Å². The lowest BCUT2D eigenvalue weighted by molar-refractivity contribution is 0.0781. The molecular formula is C20H21ClN4O2. The average molecular weight is 385 g/mol. The van der Waals surface area contributed by atoms with Crippen LogP contribution in [0, 0.1) is 6.92 Å². The summed E-state index contributed by atoms with van der Waals surface area (Å²) >= 11 is 6.19. The molecule has 6 nitrogen and oxygen atoms in total. The summed E-state index contributed by atoms with van der Waals surface area (Å²) < 4.78 is 5.50. The van der Waals surface area contributed by atoms with Crippen LogP contribution in [0.2, 0.25) is 5.02 Å². The Balaban J connectivity index is 1.79. The number of amides is 1. The largest absolute Gasteiger partial charge is 0.474 e. The fourth-order valence-electron chi connectivity index (χ4n) is 2.72. The standard InChI is InChI=1S/C20H21ClN4O2/c1-12(2)27-19-16(21)9-14(10-22-19)20(26)25(4)11-18-23-13(3)15-7-5-6-8-17(15)24-18/h5-10,12H,11H2,1-4H3. The Hall–Kier alpha value is -2.73. The predicted octanol–water partition coefficient (Wildman–Crippen LogP) is 4.05. The molecule has 0 aliphatic carbocycles. The Morgan fingerprint density at radius 3 is 2.70 bits per heavy atom. The summed E-state index contributed by atoms with van der Waals surface area (Å²) in [6.07, 6.45) is 1.42. The van der Waals surface area contributed by atoms with E-state index >= 15 is 0 Å². The molecule has 140 valence electrons. The minimum atomic E-state index is -0.213. The minimum absolute atomic E-state index is 0.0486. The van der Waals surface area contributed by atoms with Crippen molar-refractivity contribution >= 4 is 28.4 Å². The Morgan fingerprint density at radius 2 is 2.00 bits per heavy atom. The van der Waals surface area contributed by atoms with E-state index in [1.165, 1.54) is 6.20 Å². The molecule has 0 fully saturated rings. The number of pyridine rings is 1. The summed E-state index contributed by atoms with van der Waals surface area (Å²) in [4.78, 5) is 27.5. The van der Waals surface area contributed by atoms with Crippen LogP contribution < -0.4 is 4.74 Å². The lowest BCUT2D eigenvalue weighted by atomic mass is 10.2. The number of aryl methyl sites for hydroxylation is 1. The molecule has 0 atom stereocenters. The summed E-state index contributed by atoms with van der Waals surface area (Å²) in [7, 11) is 1.70. The van der Waals surface area contributed by atoms with Crippen molar-refractivity contribution in [3.63, 3.8) is 0 Å². The quantitative estimate of drug-likeness (QED) is 0.663. The molecule has 3 rings (SSSR count). The van der Waals surface area contributed by atoms with Crippen LogP contribution in [0.15, 0.2) is 36.5 Å². The zero-order valence-electron chi connectivity index (χ0n) is 15.7. The molecule has 7 heteroatoms. The Bertz CT molecular complexity index is 991. The van der Waals surface area contributed by atoms with Gasteiger partial charge in [0.1, 0.15) is 10.8 Å². The molecular weight excluding hydrogens is 364 g/mol. The number of rotatable bonds is 5. The predicted molar refractivity (Wildman–Crippen MR) is 105 cm³/mol. The van der Waals surface area contributed by atoms with E-state index in [1.54, 1.807) is 18.0 Å². The summed E-state index contributed by atoms with van der Waals surface area (Å²) in [5, 5.41) is 1.31. The van der Waals surface area contributed by atoms with Gasteiger partial charge < -0.3 is 9.64 Å². The summed E-state index contributed by atoms with van der Waals surface area (Å²) in [5.74, 6) is 0.690. The van der Waals surface area contributed by atoms with Crippen LogP contribution in [-0.2, 0) is 6.54 Å². The first-order chi connectivity index (χ1) is 12.8. The molecule has 0 N–H and O–H groups in total. The molecule has 0 aliphatic rings. The van der Waals surface area contributed by atoms with Crippen LogP contribution >= 0.6 is 11.6 Å². The van der Waals surface area contributed by atoms with Gasteiger partial charge in [0.2, 0.25) is 5.88 Å². The molecule has 0 saturated carbocycles. The molecule has 0 unspecified atom stereocenters. The van der Waals surface area contributed by atoms with Gasteiger partial charge in [0.15, 0.2) is 0 Å².